The van der Waals surface area contributed by atoms with E-state index in [2.05, 4.69) is 19.8 Å². The van der Waals surface area contributed by atoms with E-state index in [4.69, 9.17) is 10.2 Å². The van der Waals surface area contributed by atoms with Gasteiger partial charge in [-0.05, 0) is 18.0 Å². The van der Waals surface area contributed by atoms with Gasteiger partial charge in [0.2, 0.25) is 5.89 Å². The number of hydrogen-bond donors (Lipinski definition) is 1. The van der Waals surface area contributed by atoms with Crippen LogP contribution in [0.15, 0.2) is 9.80 Å². The fraction of sp³-hybridized carbons (Fsp3) is 0.429. The van der Waals surface area contributed by atoms with Gasteiger partial charge in [-0.25, -0.2) is 0 Å². The third-order valence-corrected chi connectivity index (χ3v) is 2.28. The zero-order valence-electron chi connectivity index (χ0n) is 7.54. The van der Waals surface area contributed by atoms with E-state index in [1.165, 1.54) is 11.5 Å². The molecule has 74 valence electrons. The molecule has 0 saturated carbocycles. The molecular formula is C7H9N5OS. The molecule has 14 heavy (non-hydrogen) atoms. The summed E-state index contributed by atoms with van der Waals surface area (Å²) in [7, 11) is 0. The molecule has 2 rings (SSSR count). The van der Waals surface area contributed by atoms with Crippen LogP contribution in [0.3, 0.4) is 0 Å². The van der Waals surface area contributed by atoms with Gasteiger partial charge in [0, 0.05) is 5.38 Å². The number of aromatic nitrogens is 4. The molecule has 7 heteroatoms. The van der Waals surface area contributed by atoms with Gasteiger partial charge in [-0.2, -0.15) is 0 Å². The molecule has 2 N–H and O–H groups in total. The van der Waals surface area contributed by atoms with E-state index < -0.39 is 0 Å². The quantitative estimate of drug-likeness (QED) is 0.814. The molecular weight excluding hydrogens is 202 g/mol. The van der Waals surface area contributed by atoms with Crippen LogP contribution in [0.4, 0.5) is 0 Å². The van der Waals surface area contributed by atoms with Crippen LogP contribution in [0.1, 0.15) is 25.3 Å². The maximum atomic E-state index is 5.73. The van der Waals surface area contributed by atoms with Crippen molar-refractivity contribution in [3.63, 3.8) is 0 Å². The zero-order valence-corrected chi connectivity index (χ0v) is 8.36. The number of nitrogens with zero attached hydrogens (tertiary/aromatic N) is 4. The van der Waals surface area contributed by atoms with Crippen molar-refractivity contribution in [2.75, 3.05) is 0 Å². The van der Waals surface area contributed by atoms with Crippen LogP contribution < -0.4 is 5.73 Å². The second kappa shape index (κ2) is 3.81. The van der Waals surface area contributed by atoms with E-state index in [0.717, 1.165) is 6.42 Å². The van der Waals surface area contributed by atoms with Crippen molar-refractivity contribution in [3.05, 3.63) is 11.3 Å². The molecule has 0 amide bonds. The lowest BCUT2D eigenvalue weighted by atomic mass is 10.2. The van der Waals surface area contributed by atoms with Crippen molar-refractivity contribution in [1.82, 2.24) is 19.8 Å². The van der Waals surface area contributed by atoms with Gasteiger partial charge in [0.15, 0.2) is 5.69 Å². The average molecular weight is 211 g/mol. The highest BCUT2D eigenvalue weighted by molar-refractivity contribution is 7.03. The van der Waals surface area contributed by atoms with Crippen molar-refractivity contribution >= 4 is 11.5 Å². The predicted octanol–water partition coefficient (Wildman–Crippen LogP) is 0.998. The van der Waals surface area contributed by atoms with E-state index in [-0.39, 0.29) is 6.04 Å². The first-order valence-corrected chi connectivity index (χ1v) is 5.01. The smallest absolute Gasteiger partial charge is 0.269 e. The van der Waals surface area contributed by atoms with Crippen LogP contribution in [0.25, 0.3) is 11.6 Å². The first-order chi connectivity index (χ1) is 6.81. The molecule has 0 aliphatic rings. The van der Waals surface area contributed by atoms with Crippen LogP contribution >= 0.6 is 11.5 Å². The molecule has 0 aromatic carbocycles. The Kier molecular flexibility index (Phi) is 2.51. The number of hydrogen-bond acceptors (Lipinski definition) is 7. The summed E-state index contributed by atoms with van der Waals surface area (Å²) >= 11 is 1.24. The first kappa shape index (κ1) is 9.22. The number of rotatable bonds is 3. The highest BCUT2D eigenvalue weighted by Crippen LogP contribution is 2.19. The predicted molar refractivity (Wildman–Crippen MR) is 50.4 cm³/mol. The van der Waals surface area contributed by atoms with Gasteiger partial charge in [0.25, 0.3) is 5.89 Å². The average Bonchev–Trinajstić information content (AvgIpc) is 2.86. The fourth-order valence-electron chi connectivity index (χ4n) is 0.920. The Morgan fingerprint density at radius 2 is 2.36 bits per heavy atom. The second-order valence-corrected chi connectivity index (χ2v) is 3.36. The third kappa shape index (κ3) is 1.64. The standard InChI is InChI=1S/C7H9N5OS/c1-2-4(8)6-10-11-7(13-6)5-3-14-12-9-5/h3-4H,2,8H2,1H3. The lowest BCUT2D eigenvalue weighted by Crippen LogP contribution is -2.08. The van der Waals surface area contributed by atoms with Gasteiger partial charge in [-0.3, -0.25) is 0 Å². The fourth-order valence-corrected chi connectivity index (χ4v) is 1.35. The van der Waals surface area contributed by atoms with E-state index in [1.807, 2.05) is 6.92 Å². The lowest BCUT2D eigenvalue weighted by molar-refractivity contribution is 0.451. The van der Waals surface area contributed by atoms with Gasteiger partial charge in [0.05, 0.1) is 6.04 Å². The summed E-state index contributed by atoms with van der Waals surface area (Å²) in [5.74, 6) is 0.813. The first-order valence-electron chi connectivity index (χ1n) is 4.17. The summed E-state index contributed by atoms with van der Waals surface area (Å²) in [6.07, 6.45) is 0.761. The van der Waals surface area contributed by atoms with Crippen LogP contribution in [0.2, 0.25) is 0 Å². The molecule has 0 aliphatic heterocycles. The Morgan fingerprint density at radius 3 is 3.00 bits per heavy atom. The van der Waals surface area contributed by atoms with Crippen LogP contribution in [-0.2, 0) is 0 Å². The maximum absolute atomic E-state index is 5.73. The molecule has 0 spiro atoms. The molecule has 2 aromatic rings. The molecule has 1 atom stereocenters. The van der Waals surface area contributed by atoms with Crippen LogP contribution in [0, 0.1) is 0 Å². The van der Waals surface area contributed by atoms with Crippen molar-refractivity contribution in [1.29, 1.82) is 0 Å². The summed E-state index contributed by atoms with van der Waals surface area (Å²) in [6.45, 7) is 1.96. The molecule has 0 radical (unpaired) electrons. The molecule has 0 bridgehead atoms. The molecule has 0 saturated heterocycles. The summed E-state index contributed by atoms with van der Waals surface area (Å²) in [6, 6.07) is -0.206. The van der Waals surface area contributed by atoms with Gasteiger partial charge in [-0.15, -0.1) is 15.3 Å². The van der Waals surface area contributed by atoms with Crippen LogP contribution in [0.5, 0.6) is 0 Å². The third-order valence-electron chi connectivity index (χ3n) is 1.78. The van der Waals surface area contributed by atoms with E-state index in [9.17, 15) is 0 Å². The van der Waals surface area contributed by atoms with Crippen molar-refractivity contribution in [2.24, 2.45) is 5.73 Å². The Balaban J connectivity index is 2.26. The Hall–Kier alpha value is -1.34. The van der Waals surface area contributed by atoms with E-state index >= 15 is 0 Å². The van der Waals surface area contributed by atoms with Gasteiger partial charge in [0.1, 0.15) is 0 Å². The topological polar surface area (TPSA) is 90.7 Å². The Labute approximate surface area is 84.3 Å². The monoisotopic (exact) mass is 211 g/mol. The van der Waals surface area contributed by atoms with Crippen molar-refractivity contribution in [2.45, 2.75) is 19.4 Å². The minimum Gasteiger partial charge on any atom is -0.417 e. The van der Waals surface area contributed by atoms with Crippen molar-refractivity contribution in [3.8, 4) is 11.6 Å². The maximum Gasteiger partial charge on any atom is 0.269 e. The van der Waals surface area contributed by atoms with Gasteiger partial charge < -0.3 is 10.2 Å². The van der Waals surface area contributed by atoms with Gasteiger partial charge in [-0.1, -0.05) is 11.4 Å². The lowest BCUT2D eigenvalue weighted by Gasteiger charge is -1.99. The highest BCUT2D eigenvalue weighted by Gasteiger charge is 2.14. The SMILES string of the molecule is CCC(N)c1nnc(-c2csnn2)o1. The molecule has 2 aromatic heterocycles. The normalized spacial score (nSPS) is 13.0. The Morgan fingerprint density at radius 1 is 1.50 bits per heavy atom. The molecule has 0 aliphatic carbocycles. The zero-order chi connectivity index (χ0) is 9.97. The number of nitrogens with two attached hydrogens (primary N) is 1. The largest absolute Gasteiger partial charge is 0.417 e. The minimum atomic E-state index is -0.206. The second-order valence-electron chi connectivity index (χ2n) is 2.75. The van der Waals surface area contributed by atoms with E-state index in [0.29, 0.717) is 17.5 Å². The summed E-state index contributed by atoms with van der Waals surface area (Å²) in [5.41, 5.74) is 6.33. The molecule has 0 fully saturated rings. The van der Waals surface area contributed by atoms with Gasteiger partial charge >= 0.3 is 0 Å². The summed E-state index contributed by atoms with van der Waals surface area (Å²) in [5, 5.41) is 13.2. The van der Waals surface area contributed by atoms with Crippen LogP contribution in [-0.4, -0.2) is 19.8 Å². The molecule has 1 unspecified atom stereocenters. The summed E-state index contributed by atoms with van der Waals surface area (Å²) < 4.78 is 9.04. The molecule has 6 nitrogen and oxygen atoms in total. The Bertz CT molecular complexity index is 398. The summed E-state index contributed by atoms with van der Waals surface area (Å²) in [4.78, 5) is 0. The molecule has 2 heterocycles. The van der Waals surface area contributed by atoms with E-state index in [1.54, 1.807) is 5.38 Å². The van der Waals surface area contributed by atoms with Crippen molar-refractivity contribution < 1.29 is 4.42 Å². The minimum absolute atomic E-state index is 0.206. The highest BCUT2D eigenvalue weighted by atomic mass is 32.1.